The Morgan fingerprint density at radius 3 is 2.76 bits per heavy atom. The molecule has 1 aromatic carbocycles. The minimum absolute atomic E-state index is 0.258. The third-order valence-electron chi connectivity index (χ3n) is 2.16. The number of nitriles is 1. The van der Waals surface area contributed by atoms with E-state index in [-0.39, 0.29) is 6.61 Å². The Kier molecular flexibility index (Phi) is 4.98. The van der Waals surface area contributed by atoms with Crippen LogP contribution in [0.5, 0.6) is 5.75 Å². The SMILES string of the molecule is CCOC(=O)[C@H](C#N)c1ccc(OC)c(Br)c1. The van der Waals surface area contributed by atoms with Crippen LogP contribution >= 0.6 is 15.9 Å². The molecule has 0 aliphatic heterocycles. The van der Waals surface area contributed by atoms with E-state index >= 15 is 0 Å². The molecule has 17 heavy (non-hydrogen) atoms. The highest BCUT2D eigenvalue weighted by molar-refractivity contribution is 9.10. The van der Waals surface area contributed by atoms with Gasteiger partial charge in [-0.05, 0) is 40.5 Å². The fourth-order valence-electron chi connectivity index (χ4n) is 1.35. The molecule has 0 amide bonds. The Hall–Kier alpha value is -1.54. The van der Waals surface area contributed by atoms with Crippen LogP contribution in [-0.2, 0) is 9.53 Å². The predicted molar refractivity (Wildman–Crippen MR) is 65.7 cm³/mol. The number of rotatable bonds is 4. The highest BCUT2D eigenvalue weighted by Crippen LogP contribution is 2.29. The normalized spacial score (nSPS) is 11.4. The largest absolute Gasteiger partial charge is 0.496 e. The second kappa shape index (κ2) is 6.26. The number of hydrogen-bond donors (Lipinski definition) is 0. The average Bonchev–Trinajstić information content (AvgIpc) is 2.30. The number of esters is 1. The predicted octanol–water partition coefficient (Wildman–Crippen LogP) is 2.63. The summed E-state index contributed by atoms with van der Waals surface area (Å²) in [5.41, 5.74) is 0.582. The molecule has 0 fully saturated rings. The minimum atomic E-state index is -0.905. The van der Waals surface area contributed by atoms with E-state index in [1.54, 1.807) is 32.2 Å². The summed E-state index contributed by atoms with van der Waals surface area (Å²) in [5, 5.41) is 9.00. The van der Waals surface area contributed by atoms with Gasteiger partial charge in [-0.15, -0.1) is 0 Å². The van der Waals surface area contributed by atoms with Gasteiger partial charge < -0.3 is 9.47 Å². The molecule has 0 saturated carbocycles. The molecule has 5 heteroatoms. The molecule has 1 atom stereocenters. The van der Waals surface area contributed by atoms with Crippen molar-refractivity contribution < 1.29 is 14.3 Å². The maximum absolute atomic E-state index is 11.5. The molecule has 0 unspecified atom stereocenters. The lowest BCUT2D eigenvalue weighted by Crippen LogP contribution is -2.14. The molecule has 0 N–H and O–H groups in total. The number of methoxy groups -OCH3 is 1. The zero-order chi connectivity index (χ0) is 12.8. The molecule has 0 aliphatic rings. The highest BCUT2D eigenvalue weighted by Gasteiger charge is 2.22. The van der Waals surface area contributed by atoms with Crippen LogP contribution < -0.4 is 4.74 Å². The van der Waals surface area contributed by atoms with E-state index < -0.39 is 11.9 Å². The molecule has 90 valence electrons. The Morgan fingerprint density at radius 2 is 2.29 bits per heavy atom. The maximum Gasteiger partial charge on any atom is 0.327 e. The maximum atomic E-state index is 11.5. The molecule has 0 spiro atoms. The van der Waals surface area contributed by atoms with Crippen LogP contribution in [0.25, 0.3) is 0 Å². The summed E-state index contributed by atoms with van der Waals surface area (Å²) in [5.74, 6) is -0.793. The van der Waals surface area contributed by atoms with Crippen LogP contribution in [0.15, 0.2) is 22.7 Å². The lowest BCUT2D eigenvalue weighted by molar-refractivity contribution is -0.143. The molecular formula is C12H12BrNO3. The summed E-state index contributed by atoms with van der Waals surface area (Å²) >= 11 is 3.31. The fourth-order valence-corrected chi connectivity index (χ4v) is 1.91. The third-order valence-corrected chi connectivity index (χ3v) is 2.78. The van der Waals surface area contributed by atoms with E-state index in [9.17, 15) is 4.79 Å². The molecule has 1 rings (SSSR count). The van der Waals surface area contributed by atoms with Crippen molar-refractivity contribution in [3.63, 3.8) is 0 Å². The van der Waals surface area contributed by atoms with Crippen molar-refractivity contribution in [3.05, 3.63) is 28.2 Å². The number of carbonyl (C=O) groups is 1. The molecule has 4 nitrogen and oxygen atoms in total. The molecule has 0 aromatic heterocycles. The topological polar surface area (TPSA) is 59.3 Å². The van der Waals surface area contributed by atoms with Crippen LogP contribution in [0, 0.1) is 11.3 Å². The number of nitrogens with zero attached hydrogens (tertiary/aromatic N) is 1. The van der Waals surface area contributed by atoms with Crippen molar-refractivity contribution >= 4 is 21.9 Å². The van der Waals surface area contributed by atoms with Gasteiger partial charge in [-0.1, -0.05) is 6.07 Å². The third kappa shape index (κ3) is 3.21. The second-order valence-electron chi connectivity index (χ2n) is 3.21. The van der Waals surface area contributed by atoms with Crippen molar-refractivity contribution in [2.75, 3.05) is 13.7 Å². The standard InChI is InChI=1S/C12H12BrNO3/c1-3-17-12(15)9(7-14)8-4-5-11(16-2)10(13)6-8/h4-6,9H,3H2,1-2H3/t9-/m1/s1. The number of halogens is 1. The van der Waals surface area contributed by atoms with Gasteiger partial charge in [0.1, 0.15) is 5.75 Å². The Morgan fingerprint density at radius 1 is 1.59 bits per heavy atom. The van der Waals surface area contributed by atoms with E-state index in [4.69, 9.17) is 14.7 Å². The first-order valence-corrected chi connectivity index (χ1v) is 5.83. The van der Waals surface area contributed by atoms with Crippen molar-refractivity contribution in [2.24, 2.45) is 0 Å². The van der Waals surface area contributed by atoms with Gasteiger partial charge >= 0.3 is 5.97 Å². The lowest BCUT2D eigenvalue weighted by atomic mass is 10.0. The zero-order valence-electron chi connectivity index (χ0n) is 9.57. The monoisotopic (exact) mass is 297 g/mol. The summed E-state index contributed by atoms with van der Waals surface area (Å²) in [6.07, 6.45) is 0. The van der Waals surface area contributed by atoms with Gasteiger partial charge in [0, 0.05) is 0 Å². The molecule has 0 heterocycles. The van der Waals surface area contributed by atoms with Gasteiger partial charge in [0.25, 0.3) is 0 Å². The first kappa shape index (κ1) is 13.5. The summed E-state index contributed by atoms with van der Waals surface area (Å²) < 4.78 is 10.6. The quantitative estimate of drug-likeness (QED) is 0.802. The van der Waals surface area contributed by atoms with Crippen LogP contribution in [0.4, 0.5) is 0 Å². The summed E-state index contributed by atoms with van der Waals surface area (Å²) in [7, 11) is 1.55. The van der Waals surface area contributed by atoms with E-state index in [0.29, 0.717) is 15.8 Å². The van der Waals surface area contributed by atoms with Crippen LogP contribution in [-0.4, -0.2) is 19.7 Å². The second-order valence-corrected chi connectivity index (χ2v) is 4.06. The molecule has 0 radical (unpaired) electrons. The van der Waals surface area contributed by atoms with Gasteiger partial charge in [-0.3, -0.25) is 4.79 Å². The van der Waals surface area contributed by atoms with Crippen LogP contribution in [0.3, 0.4) is 0 Å². The van der Waals surface area contributed by atoms with E-state index in [1.807, 2.05) is 6.07 Å². The van der Waals surface area contributed by atoms with Crippen molar-refractivity contribution in [2.45, 2.75) is 12.8 Å². The highest BCUT2D eigenvalue weighted by atomic mass is 79.9. The molecule has 1 aromatic rings. The Labute approximate surface area is 108 Å². The zero-order valence-corrected chi connectivity index (χ0v) is 11.2. The van der Waals surface area contributed by atoms with Crippen molar-refractivity contribution in [3.8, 4) is 11.8 Å². The minimum Gasteiger partial charge on any atom is -0.496 e. The van der Waals surface area contributed by atoms with Gasteiger partial charge in [-0.2, -0.15) is 5.26 Å². The number of carbonyl (C=O) groups excluding carboxylic acids is 1. The van der Waals surface area contributed by atoms with Crippen LogP contribution in [0.2, 0.25) is 0 Å². The number of benzene rings is 1. The first-order chi connectivity index (χ1) is 8.13. The van der Waals surface area contributed by atoms with Gasteiger partial charge in [0.15, 0.2) is 5.92 Å². The average molecular weight is 298 g/mol. The van der Waals surface area contributed by atoms with E-state index in [2.05, 4.69) is 15.9 Å². The Bertz CT molecular complexity index is 454. The summed E-state index contributed by atoms with van der Waals surface area (Å²) in [6.45, 7) is 1.96. The summed E-state index contributed by atoms with van der Waals surface area (Å²) in [4.78, 5) is 11.5. The number of hydrogen-bond acceptors (Lipinski definition) is 4. The van der Waals surface area contributed by atoms with Crippen LogP contribution in [0.1, 0.15) is 18.4 Å². The lowest BCUT2D eigenvalue weighted by Gasteiger charge is -2.10. The molecule has 0 bridgehead atoms. The number of ether oxygens (including phenoxy) is 2. The smallest absolute Gasteiger partial charge is 0.327 e. The van der Waals surface area contributed by atoms with Crippen molar-refractivity contribution in [1.82, 2.24) is 0 Å². The Balaban J connectivity index is 3.02. The van der Waals surface area contributed by atoms with E-state index in [1.165, 1.54) is 0 Å². The van der Waals surface area contributed by atoms with Gasteiger partial charge in [0.05, 0.1) is 24.3 Å². The van der Waals surface area contributed by atoms with Crippen molar-refractivity contribution in [1.29, 1.82) is 5.26 Å². The fraction of sp³-hybridized carbons (Fsp3) is 0.333. The molecular weight excluding hydrogens is 286 g/mol. The van der Waals surface area contributed by atoms with E-state index in [0.717, 1.165) is 0 Å². The molecule has 0 saturated heterocycles. The summed E-state index contributed by atoms with van der Waals surface area (Å²) in [6, 6.07) is 6.99. The van der Waals surface area contributed by atoms with Gasteiger partial charge in [0.2, 0.25) is 0 Å². The first-order valence-electron chi connectivity index (χ1n) is 5.03. The van der Waals surface area contributed by atoms with Gasteiger partial charge in [-0.25, -0.2) is 0 Å². The molecule has 0 aliphatic carbocycles.